The van der Waals surface area contributed by atoms with Gasteiger partial charge in [0.25, 0.3) is 0 Å². The van der Waals surface area contributed by atoms with E-state index in [1.54, 1.807) is 11.0 Å². The van der Waals surface area contributed by atoms with Crippen LogP contribution in [0.3, 0.4) is 0 Å². The summed E-state index contributed by atoms with van der Waals surface area (Å²) < 4.78 is 1.80. The molecule has 2 unspecified atom stereocenters. The van der Waals surface area contributed by atoms with Gasteiger partial charge in [0.15, 0.2) is 0 Å². The first-order chi connectivity index (χ1) is 11.6. The summed E-state index contributed by atoms with van der Waals surface area (Å²) in [6, 6.07) is 8.87. The summed E-state index contributed by atoms with van der Waals surface area (Å²) in [5.74, 6) is 0. The Hall–Kier alpha value is -1.68. The van der Waals surface area contributed by atoms with Crippen LogP contribution in [0.2, 0.25) is 0 Å². The summed E-state index contributed by atoms with van der Waals surface area (Å²) in [6.45, 7) is 12.9. The molecule has 1 aromatic heterocycles. The maximum atomic E-state index is 10.8. The van der Waals surface area contributed by atoms with Crippen LogP contribution in [0.1, 0.15) is 71.6 Å². The topological polar surface area (TPSA) is 50.9 Å². The molecule has 4 nitrogen and oxygen atoms in total. The highest BCUT2D eigenvalue weighted by Gasteiger charge is 2.31. The van der Waals surface area contributed by atoms with Crippen molar-refractivity contribution in [2.75, 3.05) is 0 Å². The molecule has 0 aliphatic heterocycles. The second-order valence-corrected chi connectivity index (χ2v) is 9.09. The van der Waals surface area contributed by atoms with Gasteiger partial charge in [-0.3, -0.25) is 0 Å². The van der Waals surface area contributed by atoms with Crippen molar-refractivity contribution in [2.45, 2.75) is 78.4 Å². The molecule has 1 aromatic carbocycles. The van der Waals surface area contributed by atoms with Crippen LogP contribution in [0, 0.1) is 5.41 Å². The third-order valence-corrected chi connectivity index (χ3v) is 4.81. The van der Waals surface area contributed by atoms with Crippen molar-refractivity contribution in [1.82, 2.24) is 14.8 Å². The molecule has 138 valence electrons. The summed E-state index contributed by atoms with van der Waals surface area (Å²) in [7, 11) is 0. The Balaban J connectivity index is 1.99. The monoisotopic (exact) mass is 343 g/mol. The minimum atomic E-state index is -0.461. The number of rotatable bonds is 6. The average Bonchev–Trinajstić information content (AvgIpc) is 3.04. The second kappa shape index (κ2) is 7.69. The molecule has 0 amide bonds. The molecule has 0 saturated carbocycles. The number of hydrogen-bond acceptors (Lipinski definition) is 3. The van der Waals surface area contributed by atoms with Crippen LogP contribution in [-0.4, -0.2) is 26.0 Å². The van der Waals surface area contributed by atoms with E-state index in [-0.39, 0.29) is 16.9 Å². The highest BCUT2D eigenvalue weighted by Crippen LogP contribution is 2.31. The SMILES string of the molecule is CC(C)(C)c1ccc(CCCC(C(O)C(C)(C)C)n2cncn2)cc1. The van der Waals surface area contributed by atoms with Crippen molar-refractivity contribution < 1.29 is 5.11 Å². The predicted octanol–water partition coefficient (Wildman–Crippen LogP) is 4.55. The molecule has 25 heavy (non-hydrogen) atoms. The van der Waals surface area contributed by atoms with Gasteiger partial charge in [0.1, 0.15) is 12.7 Å². The predicted molar refractivity (Wildman–Crippen MR) is 103 cm³/mol. The Morgan fingerprint density at radius 3 is 2.16 bits per heavy atom. The van der Waals surface area contributed by atoms with E-state index in [2.05, 4.69) is 75.9 Å². The Morgan fingerprint density at radius 2 is 1.68 bits per heavy atom. The van der Waals surface area contributed by atoms with E-state index in [9.17, 15) is 5.11 Å². The van der Waals surface area contributed by atoms with E-state index in [1.165, 1.54) is 17.5 Å². The minimum Gasteiger partial charge on any atom is -0.390 e. The molecule has 0 radical (unpaired) electrons. The van der Waals surface area contributed by atoms with Gasteiger partial charge in [-0.2, -0.15) is 5.10 Å². The van der Waals surface area contributed by atoms with Crippen molar-refractivity contribution in [3.63, 3.8) is 0 Å². The molecule has 0 aliphatic carbocycles. The molecule has 1 heterocycles. The highest BCUT2D eigenvalue weighted by molar-refractivity contribution is 5.27. The third kappa shape index (κ3) is 5.40. The van der Waals surface area contributed by atoms with Gasteiger partial charge in [-0.15, -0.1) is 0 Å². The average molecular weight is 344 g/mol. The van der Waals surface area contributed by atoms with Crippen molar-refractivity contribution >= 4 is 0 Å². The molecular weight excluding hydrogens is 310 g/mol. The first-order valence-corrected chi connectivity index (χ1v) is 9.20. The molecule has 0 fully saturated rings. The lowest BCUT2D eigenvalue weighted by Gasteiger charge is -2.33. The van der Waals surface area contributed by atoms with E-state index in [4.69, 9.17) is 0 Å². The first kappa shape index (κ1) is 19.6. The van der Waals surface area contributed by atoms with E-state index < -0.39 is 6.10 Å². The van der Waals surface area contributed by atoms with Gasteiger partial charge in [0.2, 0.25) is 0 Å². The van der Waals surface area contributed by atoms with Gasteiger partial charge in [0, 0.05) is 0 Å². The van der Waals surface area contributed by atoms with Crippen LogP contribution in [0.15, 0.2) is 36.9 Å². The Morgan fingerprint density at radius 1 is 1.04 bits per heavy atom. The Labute approximate surface area is 152 Å². The number of aromatic nitrogens is 3. The smallest absolute Gasteiger partial charge is 0.137 e. The number of nitrogens with zero attached hydrogens (tertiary/aromatic N) is 3. The van der Waals surface area contributed by atoms with E-state index in [1.807, 2.05) is 0 Å². The quantitative estimate of drug-likeness (QED) is 0.837. The van der Waals surface area contributed by atoms with Gasteiger partial charge >= 0.3 is 0 Å². The van der Waals surface area contributed by atoms with Gasteiger partial charge in [0.05, 0.1) is 12.1 Å². The number of aryl methyl sites for hydroxylation is 1. The second-order valence-electron chi connectivity index (χ2n) is 9.09. The van der Waals surface area contributed by atoms with Crippen LogP contribution in [0.5, 0.6) is 0 Å². The van der Waals surface area contributed by atoms with E-state index in [0.29, 0.717) is 0 Å². The Bertz CT molecular complexity index is 633. The lowest BCUT2D eigenvalue weighted by Crippen LogP contribution is -2.36. The first-order valence-electron chi connectivity index (χ1n) is 9.20. The molecule has 4 heteroatoms. The molecule has 0 saturated heterocycles. The molecule has 1 N–H and O–H groups in total. The maximum Gasteiger partial charge on any atom is 0.137 e. The molecule has 2 atom stereocenters. The molecular formula is C21H33N3O. The highest BCUT2D eigenvalue weighted by atomic mass is 16.3. The van der Waals surface area contributed by atoms with Crippen LogP contribution >= 0.6 is 0 Å². The summed E-state index contributed by atoms with van der Waals surface area (Å²) in [5.41, 5.74) is 2.70. The molecule has 0 bridgehead atoms. The zero-order valence-electron chi connectivity index (χ0n) is 16.5. The van der Waals surface area contributed by atoms with Crippen molar-refractivity contribution in [3.8, 4) is 0 Å². The van der Waals surface area contributed by atoms with Crippen LogP contribution < -0.4 is 0 Å². The van der Waals surface area contributed by atoms with Gasteiger partial charge < -0.3 is 5.11 Å². The van der Waals surface area contributed by atoms with E-state index >= 15 is 0 Å². The lowest BCUT2D eigenvalue weighted by molar-refractivity contribution is 0.00870. The number of aliphatic hydroxyl groups excluding tert-OH is 1. The Kier molecular flexibility index (Phi) is 6.04. The summed E-state index contributed by atoms with van der Waals surface area (Å²) >= 11 is 0. The van der Waals surface area contributed by atoms with Gasteiger partial charge in [-0.1, -0.05) is 65.8 Å². The fraction of sp³-hybridized carbons (Fsp3) is 0.619. The van der Waals surface area contributed by atoms with Crippen molar-refractivity contribution in [1.29, 1.82) is 0 Å². The zero-order valence-corrected chi connectivity index (χ0v) is 16.5. The summed E-state index contributed by atoms with van der Waals surface area (Å²) in [5, 5.41) is 15.0. The van der Waals surface area contributed by atoms with Gasteiger partial charge in [-0.05, 0) is 41.2 Å². The largest absolute Gasteiger partial charge is 0.390 e. The van der Waals surface area contributed by atoms with E-state index in [0.717, 1.165) is 19.3 Å². The normalized spacial score (nSPS) is 15.2. The lowest BCUT2D eigenvalue weighted by atomic mass is 9.82. The molecule has 2 rings (SSSR count). The molecule has 2 aromatic rings. The van der Waals surface area contributed by atoms with Crippen LogP contribution in [0.25, 0.3) is 0 Å². The fourth-order valence-electron chi connectivity index (χ4n) is 3.09. The summed E-state index contributed by atoms with van der Waals surface area (Å²) in [6.07, 6.45) is 5.67. The molecule has 0 spiro atoms. The standard InChI is InChI=1S/C21H33N3O/c1-20(2,3)17-12-10-16(11-13-17)8-7-9-18(19(25)21(4,5)6)24-15-22-14-23-24/h10-15,18-19,25H,7-9H2,1-6H3. The van der Waals surface area contributed by atoms with Crippen molar-refractivity contribution in [3.05, 3.63) is 48.0 Å². The maximum absolute atomic E-state index is 10.8. The number of benzene rings is 1. The fourth-order valence-corrected chi connectivity index (χ4v) is 3.09. The van der Waals surface area contributed by atoms with Crippen LogP contribution in [-0.2, 0) is 11.8 Å². The third-order valence-electron chi connectivity index (χ3n) is 4.81. The molecule has 0 aliphatic rings. The zero-order chi connectivity index (χ0) is 18.7. The van der Waals surface area contributed by atoms with Crippen molar-refractivity contribution in [2.24, 2.45) is 5.41 Å². The summed E-state index contributed by atoms with van der Waals surface area (Å²) in [4.78, 5) is 4.05. The van der Waals surface area contributed by atoms with Crippen LogP contribution in [0.4, 0.5) is 0 Å². The van der Waals surface area contributed by atoms with Gasteiger partial charge in [-0.25, -0.2) is 9.67 Å². The minimum absolute atomic E-state index is 0.0450. The number of aliphatic hydroxyl groups is 1. The number of hydrogen-bond donors (Lipinski definition) is 1.